The molecule has 0 saturated carbocycles. The molecule has 0 radical (unpaired) electrons. The lowest BCUT2D eigenvalue weighted by Crippen LogP contribution is -2.36. The predicted molar refractivity (Wildman–Crippen MR) is 133 cm³/mol. The molecule has 4 rings (SSSR count). The highest BCUT2D eigenvalue weighted by molar-refractivity contribution is 7.22. The Labute approximate surface area is 197 Å². The normalized spacial score (nSPS) is 11.0. The van der Waals surface area contributed by atoms with Gasteiger partial charge in [0.2, 0.25) is 0 Å². The Morgan fingerprint density at radius 3 is 2.18 bits per heavy atom. The number of benzene rings is 3. The van der Waals surface area contributed by atoms with E-state index in [1.54, 1.807) is 48.4 Å². The van der Waals surface area contributed by atoms with E-state index in [9.17, 15) is 9.59 Å². The van der Waals surface area contributed by atoms with Crippen LogP contribution in [0.5, 0.6) is 5.75 Å². The maximum absolute atomic E-state index is 13.5. The number of likely N-dealkylation sites (N-methyl/N-ethyl adjacent to an activating group) is 1. The molecule has 0 spiro atoms. The van der Waals surface area contributed by atoms with Crippen LogP contribution in [0.2, 0.25) is 0 Å². The molecule has 0 fully saturated rings. The number of ether oxygens (including phenoxy) is 1. The van der Waals surface area contributed by atoms with E-state index in [0.717, 1.165) is 10.2 Å². The number of para-hydroxylation sites is 1. The Morgan fingerprint density at radius 2 is 1.52 bits per heavy atom. The Kier molecular flexibility index (Phi) is 6.82. The summed E-state index contributed by atoms with van der Waals surface area (Å²) in [4.78, 5) is 34.6. The summed E-state index contributed by atoms with van der Waals surface area (Å²) in [5.41, 5.74) is 2.41. The molecule has 33 heavy (non-hydrogen) atoms. The molecule has 0 atom stereocenters. The number of methoxy groups -OCH3 is 1. The van der Waals surface area contributed by atoms with Crippen molar-refractivity contribution in [3.63, 3.8) is 0 Å². The number of carbonyl (C=O) groups is 2. The summed E-state index contributed by atoms with van der Waals surface area (Å²) >= 11 is 1.46. The largest absolute Gasteiger partial charge is 0.494 e. The van der Waals surface area contributed by atoms with Crippen molar-refractivity contribution in [2.45, 2.75) is 0 Å². The number of fused-ring (bicyclic) bond motifs is 1. The number of ketones is 1. The van der Waals surface area contributed by atoms with Crippen LogP contribution >= 0.6 is 11.3 Å². The molecule has 0 aliphatic heterocycles. The van der Waals surface area contributed by atoms with Crippen LogP contribution < -0.4 is 9.64 Å². The van der Waals surface area contributed by atoms with E-state index >= 15 is 0 Å². The summed E-state index contributed by atoms with van der Waals surface area (Å²) in [5.74, 6) is 0.449. The first-order valence-corrected chi connectivity index (χ1v) is 11.4. The summed E-state index contributed by atoms with van der Waals surface area (Å²) < 4.78 is 6.39. The number of aromatic nitrogens is 1. The second kappa shape index (κ2) is 9.94. The number of anilines is 1. The standard InChI is InChI=1S/C26H25N3O3S/c1-28(2)16-17-29(26-27-23-21(32-3)10-7-11-22(23)33-26)25(31)20-14-12-19(13-15-20)24(30)18-8-5-4-6-9-18/h4-15H,16-17H2,1-3H3. The SMILES string of the molecule is COc1cccc2sc(N(CCN(C)C)C(=O)c3ccc(C(=O)c4ccccc4)cc3)nc12. The first-order chi connectivity index (χ1) is 16.0. The Hall–Kier alpha value is -3.55. The Bertz CT molecular complexity index is 1270. The van der Waals surface area contributed by atoms with Gasteiger partial charge in [0.15, 0.2) is 10.9 Å². The summed E-state index contributed by atoms with van der Waals surface area (Å²) in [6.45, 7) is 1.17. The molecule has 4 aromatic rings. The minimum absolute atomic E-state index is 0.0719. The summed E-state index contributed by atoms with van der Waals surface area (Å²) in [6.07, 6.45) is 0. The lowest BCUT2D eigenvalue weighted by atomic mass is 10.0. The van der Waals surface area contributed by atoms with Crippen molar-refractivity contribution in [1.82, 2.24) is 9.88 Å². The van der Waals surface area contributed by atoms with Gasteiger partial charge in [-0.1, -0.05) is 59.9 Å². The third-order valence-corrected chi connectivity index (χ3v) is 6.31. The van der Waals surface area contributed by atoms with Gasteiger partial charge in [0.25, 0.3) is 5.91 Å². The number of hydrogen-bond donors (Lipinski definition) is 0. The Morgan fingerprint density at radius 1 is 0.848 bits per heavy atom. The van der Waals surface area contributed by atoms with E-state index in [1.165, 1.54) is 11.3 Å². The highest BCUT2D eigenvalue weighted by Crippen LogP contribution is 2.34. The van der Waals surface area contributed by atoms with Crippen molar-refractivity contribution < 1.29 is 14.3 Å². The maximum Gasteiger partial charge on any atom is 0.260 e. The molecule has 0 aliphatic rings. The van der Waals surface area contributed by atoms with Gasteiger partial charge in [-0.25, -0.2) is 4.98 Å². The molecule has 1 heterocycles. The van der Waals surface area contributed by atoms with Crippen molar-refractivity contribution in [2.75, 3.05) is 39.2 Å². The number of hydrogen-bond acceptors (Lipinski definition) is 6. The lowest BCUT2D eigenvalue weighted by molar-refractivity contribution is 0.0982. The fourth-order valence-electron chi connectivity index (χ4n) is 3.45. The van der Waals surface area contributed by atoms with Crippen LogP contribution in [0.3, 0.4) is 0 Å². The molecule has 0 aliphatic carbocycles. The maximum atomic E-state index is 13.5. The van der Waals surface area contributed by atoms with Gasteiger partial charge in [0.1, 0.15) is 11.3 Å². The molecule has 3 aromatic carbocycles. The quantitative estimate of drug-likeness (QED) is 0.356. The zero-order valence-electron chi connectivity index (χ0n) is 18.8. The van der Waals surface area contributed by atoms with Crippen LogP contribution in [0.15, 0.2) is 72.8 Å². The van der Waals surface area contributed by atoms with E-state index in [-0.39, 0.29) is 11.7 Å². The number of amides is 1. The van der Waals surface area contributed by atoms with Crippen molar-refractivity contribution in [1.29, 1.82) is 0 Å². The number of carbonyl (C=O) groups excluding carboxylic acids is 2. The first-order valence-electron chi connectivity index (χ1n) is 10.6. The minimum Gasteiger partial charge on any atom is -0.494 e. The Balaban J connectivity index is 1.64. The fourth-order valence-corrected chi connectivity index (χ4v) is 4.46. The number of rotatable bonds is 8. The second-order valence-electron chi connectivity index (χ2n) is 7.84. The van der Waals surface area contributed by atoms with Gasteiger partial charge >= 0.3 is 0 Å². The molecule has 0 unspecified atom stereocenters. The molecule has 168 valence electrons. The first kappa shape index (κ1) is 22.6. The molecular formula is C26H25N3O3S. The molecule has 7 heteroatoms. The van der Waals surface area contributed by atoms with Crippen LogP contribution in [-0.4, -0.2) is 55.9 Å². The number of thiazole rings is 1. The minimum atomic E-state index is -0.159. The van der Waals surface area contributed by atoms with Crippen LogP contribution in [0.25, 0.3) is 10.2 Å². The molecule has 0 N–H and O–H groups in total. The smallest absolute Gasteiger partial charge is 0.260 e. The van der Waals surface area contributed by atoms with E-state index < -0.39 is 0 Å². The van der Waals surface area contributed by atoms with E-state index in [0.29, 0.717) is 40.7 Å². The van der Waals surface area contributed by atoms with Crippen LogP contribution in [0.1, 0.15) is 26.3 Å². The van der Waals surface area contributed by atoms with E-state index in [4.69, 9.17) is 9.72 Å². The lowest BCUT2D eigenvalue weighted by Gasteiger charge is -2.22. The fraction of sp³-hybridized carbons (Fsp3) is 0.192. The molecule has 1 aromatic heterocycles. The summed E-state index contributed by atoms with van der Waals surface area (Å²) in [6, 6.07) is 21.7. The van der Waals surface area contributed by atoms with Gasteiger partial charge in [0.05, 0.1) is 11.8 Å². The van der Waals surface area contributed by atoms with Gasteiger partial charge in [-0.3, -0.25) is 14.5 Å². The molecule has 1 amide bonds. The van der Waals surface area contributed by atoms with Gasteiger partial charge in [0, 0.05) is 29.8 Å². The average Bonchev–Trinajstić information content (AvgIpc) is 3.28. The highest BCUT2D eigenvalue weighted by atomic mass is 32.1. The molecule has 6 nitrogen and oxygen atoms in total. The van der Waals surface area contributed by atoms with Crippen LogP contribution in [0, 0.1) is 0 Å². The van der Waals surface area contributed by atoms with Crippen molar-refractivity contribution >= 4 is 38.4 Å². The van der Waals surface area contributed by atoms with Crippen LogP contribution in [-0.2, 0) is 0 Å². The molecule has 0 saturated heterocycles. The summed E-state index contributed by atoms with van der Waals surface area (Å²) in [5, 5.41) is 0.616. The summed E-state index contributed by atoms with van der Waals surface area (Å²) in [7, 11) is 5.54. The van der Waals surface area contributed by atoms with E-state index in [2.05, 4.69) is 0 Å². The van der Waals surface area contributed by atoms with Crippen LogP contribution in [0.4, 0.5) is 5.13 Å². The van der Waals surface area contributed by atoms with E-state index in [1.807, 2.05) is 55.4 Å². The average molecular weight is 460 g/mol. The third-order valence-electron chi connectivity index (χ3n) is 5.27. The second-order valence-corrected chi connectivity index (χ2v) is 8.85. The van der Waals surface area contributed by atoms with Crippen molar-refractivity contribution in [2.24, 2.45) is 0 Å². The molecule has 0 bridgehead atoms. The monoisotopic (exact) mass is 459 g/mol. The molecular weight excluding hydrogens is 434 g/mol. The third kappa shape index (κ3) is 4.94. The zero-order valence-corrected chi connectivity index (χ0v) is 19.6. The van der Waals surface area contributed by atoms with Gasteiger partial charge < -0.3 is 9.64 Å². The van der Waals surface area contributed by atoms with Crippen molar-refractivity contribution in [3.05, 3.63) is 89.5 Å². The zero-order chi connectivity index (χ0) is 23.4. The number of nitrogens with zero attached hydrogens (tertiary/aromatic N) is 3. The topological polar surface area (TPSA) is 62.7 Å². The highest BCUT2D eigenvalue weighted by Gasteiger charge is 2.22. The van der Waals surface area contributed by atoms with Crippen molar-refractivity contribution in [3.8, 4) is 5.75 Å². The van der Waals surface area contributed by atoms with Gasteiger partial charge in [-0.05, 0) is 38.4 Å². The predicted octanol–water partition coefficient (Wildman–Crippen LogP) is 4.74. The van der Waals surface area contributed by atoms with Gasteiger partial charge in [-0.2, -0.15) is 0 Å². The van der Waals surface area contributed by atoms with Gasteiger partial charge in [-0.15, -0.1) is 0 Å².